The minimum atomic E-state index is 0.671. The molecule has 1 aromatic carbocycles. The van der Waals surface area contributed by atoms with Crippen LogP contribution in [0.15, 0.2) is 43.0 Å². The van der Waals surface area contributed by atoms with Crippen LogP contribution in [0.4, 0.5) is 0 Å². The fraction of sp³-hybridized carbons (Fsp3) is 0.357. The van der Waals surface area contributed by atoms with Crippen LogP contribution < -0.4 is 10.5 Å². The highest BCUT2D eigenvalue weighted by atomic mass is 16.5. The van der Waals surface area contributed by atoms with Crippen molar-refractivity contribution in [3.63, 3.8) is 0 Å². The van der Waals surface area contributed by atoms with Crippen molar-refractivity contribution in [2.24, 2.45) is 5.73 Å². The van der Waals surface area contributed by atoms with Crippen LogP contribution in [-0.4, -0.2) is 22.7 Å². The van der Waals surface area contributed by atoms with Crippen LogP contribution in [0.3, 0.4) is 0 Å². The maximum atomic E-state index is 5.72. The fourth-order valence-electron chi connectivity index (χ4n) is 1.81. The monoisotopic (exact) mass is 245 g/mol. The van der Waals surface area contributed by atoms with Crippen molar-refractivity contribution in [2.75, 3.05) is 13.2 Å². The Kier molecular flexibility index (Phi) is 4.78. The van der Waals surface area contributed by atoms with E-state index in [0.29, 0.717) is 13.2 Å². The number of aromatic nitrogens is 2. The lowest BCUT2D eigenvalue weighted by molar-refractivity contribution is 0.301. The van der Waals surface area contributed by atoms with Gasteiger partial charge in [0.2, 0.25) is 0 Å². The number of ether oxygens (including phenoxy) is 1. The molecule has 0 fully saturated rings. The minimum Gasteiger partial charge on any atom is -0.494 e. The lowest BCUT2D eigenvalue weighted by Crippen LogP contribution is -2.04. The number of rotatable bonds is 7. The van der Waals surface area contributed by atoms with Gasteiger partial charge in [-0.2, -0.15) is 0 Å². The fourth-order valence-corrected chi connectivity index (χ4v) is 1.81. The first-order valence-electron chi connectivity index (χ1n) is 6.26. The molecule has 0 amide bonds. The molecule has 2 rings (SSSR count). The van der Waals surface area contributed by atoms with E-state index in [0.717, 1.165) is 25.1 Å². The molecule has 4 nitrogen and oxygen atoms in total. The van der Waals surface area contributed by atoms with E-state index in [4.69, 9.17) is 10.5 Å². The number of benzene rings is 1. The Labute approximate surface area is 107 Å². The van der Waals surface area contributed by atoms with Crippen LogP contribution in [0.2, 0.25) is 0 Å². The van der Waals surface area contributed by atoms with Gasteiger partial charge in [0, 0.05) is 18.9 Å². The highest BCUT2D eigenvalue weighted by Gasteiger charge is 1.97. The van der Waals surface area contributed by atoms with Crippen LogP contribution in [0.5, 0.6) is 5.75 Å². The molecule has 0 bridgehead atoms. The van der Waals surface area contributed by atoms with Gasteiger partial charge in [0.05, 0.1) is 12.9 Å². The summed E-state index contributed by atoms with van der Waals surface area (Å²) in [6, 6.07) is 8.13. The SMILES string of the molecule is NCCc1cccc(OCCCn2ccnc2)c1. The summed E-state index contributed by atoms with van der Waals surface area (Å²) in [6.07, 6.45) is 7.44. The van der Waals surface area contributed by atoms with Crippen molar-refractivity contribution in [3.05, 3.63) is 48.5 Å². The highest BCUT2D eigenvalue weighted by Crippen LogP contribution is 2.13. The summed E-state index contributed by atoms with van der Waals surface area (Å²) in [6.45, 7) is 2.32. The zero-order valence-electron chi connectivity index (χ0n) is 10.5. The highest BCUT2D eigenvalue weighted by molar-refractivity contribution is 5.28. The molecular formula is C14H19N3O. The maximum absolute atomic E-state index is 5.72. The van der Waals surface area contributed by atoms with Crippen LogP contribution in [-0.2, 0) is 13.0 Å². The molecule has 0 atom stereocenters. The number of hydrogen-bond donors (Lipinski definition) is 1. The number of aryl methyl sites for hydroxylation is 1. The van der Waals surface area contributed by atoms with Crippen molar-refractivity contribution >= 4 is 0 Å². The Hall–Kier alpha value is -1.81. The first-order chi connectivity index (χ1) is 8.88. The van der Waals surface area contributed by atoms with E-state index in [-0.39, 0.29) is 0 Å². The van der Waals surface area contributed by atoms with Crippen LogP contribution in [0.25, 0.3) is 0 Å². The predicted molar refractivity (Wildman–Crippen MR) is 71.5 cm³/mol. The van der Waals surface area contributed by atoms with Crippen LogP contribution >= 0.6 is 0 Å². The Morgan fingerprint density at radius 3 is 3.06 bits per heavy atom. The van der Waals surface area contributed by atoms with Gasteiger partial charge in [0.25, 0.3) is 0 Å². The van der Waals surface area contributed by atoms with E-state index in [9.17, 15) is 0 Å². The minimum absolute atomic E-state index is 0.671. The van der Waals surface area contributed by atoms with Gasteiger partial charge in [-0.3, -0.25) is 0 Å². The molecule has 4 heteroatoms. The average molecular weight is 245 g/mol. The first kappa shape index (κ1) is 12.6. The molecule has 0 aliphatic heterocycles. The number of nitrogens with zero attached hydrogens (tertiary/aromatic N) is 2. The molecule has 96 valence electrons. The van der Waals surface area contributed by atoms with Gasteiger partial charge in [-0.25, -0.2) is 4.98 Å². The van der Waals surface area contributed by atoms with Crippen molar-refractivity contribution in [1.82, 2.24) is 9.55 Å². The van der Waals surface area contributed by atoms with E-state index in [1.54, 1.807) is 6.20 Å². The van der Waals surface area contributed by atoms with Gasteiger partial charge in [0.1, 0.15) is 5.75 Å². The second kappa shape index (κ2) is 6.81. The third kappa shape index (κ3) is 3.89. The van der Waals surface area contributed by atoms with E-state index in [1.165, 1.54) is 5.56 Å². The number of nitrogens with two attached hydrogens (primary N) is 1. The lowest BCUT2D eigenvalue weighted by Gasteiger charge is -2.08. The van der Waals surface area contributed by atoms with E-state index in [2.05, 4.69) is 17.1 Å². The molecule has 1 aromatic heterocycles. The zero-order valence-corrected chi connectivity index (χ0v) is 10.5. The molecule has 0 aliphatic rings. The molecule has 0 unspecified atom stereocenters. The average Bonchev–Trinajstić information content (AvgIpc) is 2.89. The van der Waals surface area contributed by atoms with Gasteiger partial charge >= 0.3 is 0 Å². The largest absolute Gasteiger partial charge is 0.494 e. The summed E-state index contributed by atoms with van der Waals surface area (Å²) in [5.41, 5.74) is 6.76. The standard InChI is InChI=1S/C14H19N3O/c15-6-5-13-3-1-4-14(11-13)18-10-2-8-17-9-7-16-12-17/h1,3-4,7,9,11-12H,2,5-6,8,10,15H2. The van der Waals surface area contributed by atoms with Gasteiger partial charge in [-0.15, -0.1) is 0 Å². The van der Waals surface area contributed by atoms with Crippen molar-refractivity contribution in [1.29, 1.82) is 0 Å². The molecular weight excluding hydrogens is 226 g/mol. The zero-order chi connectivity index (χ0) is 12.6. The summed E-state index contributed by atoms with van der Waals surface area (Å²) in [4.78, 5) is 4.00. The smallest absolute Gasteiger partial charge is 0.119 e. The predicted octanol–water partition coefficient (Wildman–Crippen LogP) is 1.85. The van der Waals surface area contributed by atoms with Crippen LogP contribution in [0, 0.1) is 0 Å². The molecule has 0 spiro atoms. The summed E-state index contributed by atoms with van der Waals surface area (Å²) in [7, 11) is 0. The summed E-state index contributed by atoms with van der Waals surface area (Å²) in [5, 5.41) is 0. The van der Waals surface area contributed by atoms with Crippen molar-refractivity contribution in [2.45, 2.75) is 19.4 Å². The summed E-state index contributed by atoms with van der Waals surface area (Å²) < 4.78 is 7.77. The Bertz CT molecular complexity index is 454. The normalized spacial score (nSPS) is 10.5. The van der Waals surface area contributed by atoms with E-state index < -0.39 is 0 Å². The molecule has 0 aliphatic carbocycles. The third-order valence-corrected chi connectivity index (χ3v) is 2.72. The van der Waals surface area contributed by atoms with Crippen molar-refractivity contribution < 1.29 is 4.74 Å². The quantitative estimate of drug-likeness (QED) is 0.757. The van der Waals surface area contributed by atoms with Gasteiger partial charge in [-0.1, -0.05) is 12.1 Å². The summed E-state index contributed by atoms with van der Waals surface area (Å²) in [5.74, 6) is 0.923. The molecule has 1 heterocycles. The van der Waals surface area contributed by atoms with E-state index in [1.807, 2.05) is 29.2 Å². The Morgan fingerprint density at radius 2 is 2.28 bits per heavy atom. The molecule has 2 aromatic rings. The third-order valence-electron chi connectivity index (χ3n) is 2.72. The van der Waals surface area contributed by atoms with Crippen LogP contribution in [0.1, 0.15) is 12.0 Å². The van der Waals surface area contributed by atoms with Crippen molar-refractivity contribution in [3.8, 4) is 5.75 Å². The first-order valence-corrected chi connectivity index (χ1v) is 6.26. The van der Waals surface area contributed by atoms with E-state index >= 15 is 0 Å². The molecule has 18 heavy (non-hydrogen) atoms. The Balaban J connectivity index is 1.74. The number of imidazole rings is 1. The molecule has 0 saturated carbocycles. The topological polar surface area (TPSA) is 53.1 Å². The second-order valence-corrected chi connectivity index (χ2v) is 4.19. The van der Waals surface area contributed by atoms with Gasteiger partial charge in [-0.05, 0) is 37.1 Å². The van der Waals surface area contributed by atoms with Gasteiger partial charge in [0.15, 0.2) is 0 Å². The molecule has 0 radical (unpaired) electrons. The Morgan fingerprint density at radius 1 is 1.33 bits per heavy atom. The van der Waals surface area contributed by atoms with Gasteiger partial charge < -0.3 is 15.0 Å². The maximum Gasteiger partial charge on any atom is 0.119 e. The molecule has 0 saturated heterocycles. The molecule has 2 N–H and O–H groups in total. The lowest BCUT2D eigenvalue weighted by atomic mass is 10.1. The summed E-state index contributed by atoms with van der Waals surface area (Å²) >= 11 is 0. The number of hydrogen-bond acceptors (Lipinski definition) is 3. The second-order valence-electron chi connectivity index (χ2n) is 4.19.